The first-order chi connectivity index (χ1) is 16.0. The number of fused-ring (bicyclic) bond motifs is 1. The predicted octanol–water partition coefficient (Wildman–Crippen LogP) is 1.85. The van der Waals surface area contributed by atoms with E-state index >= 15 is 0 Å². The molecule has 0 aromatic carbocycles. The lowest BCUT2D eigenvalue weighted by Crippen LogP contribution is -2.28. The zero-order chi connectivity index (χ0) is 23.9. The number of rotatable bonds is 18. The molecule has 0 radical (unpaired) electrons. The highest BCUT2D eigenvalue weighted by Gasteiger charge is 2.49. The van der Waals surface area contributed by atoms with E-state index in [1.807, 2.05) is 0 Å². The first-order valence-electron chi connectivity index (χ1n) is 12.0. The fourth-order valence-electron chi connectivity index (χ4n) is 4.43. The van der Waals surface area contributed by atoms with Crippen LogP contribution in [0.1, 0.15) is 45.4 Å². The Balaban J connectivity index is 1.36. The molecule has 2 rings (SSSR count). The zero-order valence-corrected chi connectivity index (χ0v) is 20.0. The number of nitrogens with two attached hydrogens (primary N) is 1. The summed E-state index contributed by atoms with van der Waals surface area (Å²) < 4.78 is 21.5. The summed E-state index contributed by atoms with van der Waals surface area (Å²) >= 11 is 0. The third-order valence-corrected chi connectivity index (χ3v) is 6.36. The normalized spacial score (nSPS) is 24.5. The minimum Gasteiger partial charge on any atom is -0.379 e. The van der Waals surface area contributed by atoms with Crippen LogP contribution in [-0.4, -0.2) is 77.9 Å². The molecule has 2 aliphatic carbocycles. The van der Waals surface area contributed by atoms with Crippen LogP contribution in [0.4, 0.5) is 0 Å². The molecule has 9 heteroatoms. The van der Waals surface area contributed by atoms with Crippen molar-refractivity contribution in [3.63, 3.8) is 0 Å². The van der Waals surface area contributed by atoms with Gasteiger partial charge in [-0.15, -0.1) is 0 Å². The van der Waals surface area contributed by atoms with Gasteiger partial charge >= 0.3 is 0 Å². The van der Waals surface area contributed by atoms with Gasteiger partial charge in [0.1, 0.15) is 0 Å². The van der Waals surface area contributed by atoms with Crippen LogP contribution in [0.5, 0.6) is 0 Å². The van der Waals surface area contributed by atoms with Crippen molar-refractivity contribution < 1.29 is 28.5 Å². The SMILES string of the molecule is C=N/C1=C(\C)CCC2C(CC1)[C@@H]2CC(=O)NCCOCCOCCOCCOCCC(N)=O. The van der Waals surface area contributed by atoms with Gasteiger partial charge in [-0.25, -0.2) is 0 Å². The number of carbonyl (C=O) groups is 2. The minimum atomic E-state index is -0.371. The number of ether oxygens (including phenoxy) is 4. The van der Waals surface area contributed by atoms with Crippen molar-refractivity contribution in [2.75, 3.05) is 59.4 Å². The van der Waals surface area contributed by atoms with E-state index in [2.05, 4.69) is 24.0 Å². The van der Waals surface area contributed by atoms with Gasteiger partial charge in [-0.1, -0.05) is 5.57 Å². The summed E-state index contributed by atoms with van der Waals surface area (Å²) in [5, 5.41) is 2.97. The Hall–Kier alpha value is -1.81. The molecule has 0 spiro atoms. The largest absolute Gasteiger partial charge is 0.379 e. The molecule has 33 heavy (non-hydrogen) atoms. The summed E-state index contributed by atoms with van der Waals surface area (Å²) in [5.74, 6) is 1.61. The summed E-state index contributed by atoms with van der Waals surface area (Å²) in [6, 6.07) is 0. The van der Waals surface area contributed by atoms with Gasteiger partial charge in [-0.05, 0) is 57.1 Å². The Morgan fingerprint density at radius 3 is 2.06 bits per heavy atom. The number of carbonyl (C=O) groups excluding carboxylic acids is 2. The summed E-state index contributed by atoms with van der Waals surface area (Å²) in [7, 11) is 0. The van der Waals surface area contributed by atoms with E-state index in [9.17, 15) is 9.59 Å². The van der Waals surface area contributed by atoms with E-state index < -0.39 is 0 Å². The Kier molecular flexibility index (Phi) is 13.2. The molecule has 1 saturated carbocycles. The van der Waals surface area contributed by atoms with Crippen molar-refractivity contribution in [2.45, 2.75) is 45.4 Å². The number of aliphatic imine (C=N–C) groups is 1. The number of nitrogens with one attached hydrogen (secondary N) is 1. The van der Waals surface area contributed by atoms with Crippen LogP contribution in [0.15, 0.2) is 16.3 Å². The van der Waals surface area contributed by atoms with Crippen molar-refractivity contribution in [2.24, 2.45) is 28.5 Å². The quantitative estimate of drug-likeness (QED) is 0.234. The second-order valence-corrected chi connectivity index (χ2v) is 8.67. The van der Waals surface area contributed by atoms with Gasteiger partial charge in [0.15, 0.2) is 0 Å². The van der Waals surface area contributed by atoms with Crippen molar-refractivity contribution in [1.82, 2.24) is 5.32 Å². The maximum absolute atomic E-state index is 12.3. The predicted molar refractivity (Wildman–Crippen MR) is 126 cm³/mol. The third-order valence-electron chi connectivity index (χ3n) is 6.36. The average Bonchev–Trinajstić information content (AvgIpc) is 3.43. The standard InChI is InChI=1S/C24H41N3O6/c1-18-3-4-19-20(5-6-22(18)26-2)21(19)17-24(29)27-8-10-31-12-14-33-16-15-32-13-11-30-9-7-23(25)28/h19-21H,2-17H2,1H3,(H2,25,28)(H,27,29)/b22-18+/t19?,20?,21-/m1/s1. The second-order valence-electron chi connectivity index (χ2n) is 8.67. The van der Waals surface area contributed by atoms with Gasteiger partial charge in [0.25, 0.3) is 0 Å². The molecule has 0 aliphatic heterocycles. The Morgan fingerprint density at radius 1 is 0.939 bits per heavy atom. The molecule has 0 bridgehead atoms. The first-order valence-corrected chi connectivity index (χ1v) is 12.0. The molecule has 188 valence electrons. The van der Waals surface area contributed by atoms with E-state index in [0.29, 0.717) is 83.6 Å². The smallest absolute Gasteiger partial charge is 0.220 e. The minimum absolute atomic E-state index is 0.120. The molecule has 0 heterocycles. The lowest BCUT2D eigenvalue weighted by molar-refractivity contribution is -0.122. The molecule has 0 aromatic rings. The van der Waals surface area contributed by atoms with Crippen LogP contribution < -0.4 is 11.1 Å². The van der Waals surface area contributed by atoms with Gasteiger partial charge in [0.2, 0.25) is 11.8 Å². The van der Waals surface area contributed by atoms with Crippen molar-refractivity contribution in [3.05, 3.63) is 11.3 Å². The third kappa shape index (κ3) is 11.2. The zero-order valence-electron chi connectivity index (χ0n) is 20.0. The van der Waals surface area contributed by atoms with Gasteiger partial charge in [-0.2, -0.15) is 0 Å². The second kappa shape index (κ2) is 15.9. The van der Waals surface area contributed by atoms with Crippen LogP contribution in [0.2, 0.25) is 0 Å². The van der Waals surface area contributed by atoms with Crippen LogP contribution in [0, 0.1) is 17.8 Å². The summed E-state index contributed by atoms with van der Waals surface area (Å²) in [5.41, 5.74) is 7.52. The highest BCUT2D eigenvalue weighted by atomic mass is 16.6. The van der Waals surface area contributed by atoms with Gasteiger partial charge < -0.3 is 30.0 Å². The molecular formula is C24H41N3O6. The summed E-state index contributed by atoms with van der Waals surface area (Å²) in [6.45, 7) is 9.94. The summed E-state index contributed by atoms with van der Waals surface area (Å²) in [6.07, 6.45) is 5.18. The van der Waals surface area contributed by atoms with Gasteiger partial charge in [-0.3, -0.25) is 14.6 Å². The molecule has 3 atom stereocenters. The summed E-state index contributed by atoms with van der Waals surface area (Å²) in [4.78, 5) is 27.0. The topological polar surface area (TPSA) is 121 Å². The molecular weight excluding hydrogens is 426 g/mol. The van der Waals surface area contributed by atoms with Crippen molar-refractivity contribution in [3.8, 4) is 0 Å². The molecule has 1 fully saturated rings. The number of primary amides is 1. The monoisotopic (exact) mass is 467 g/mol. The maximum atomic E-state index is 12.3. The lowest BCUT2D eigenvalue weighted by atomic mass is 9.99. The first kappa shape index (κ1) is 27.4. The Labute approximate surface area is 197 Å². The average molecular weight is 468 g/mol. The molecule has 2 unspecified atom stereocenters. The molecule has 0 saturated heterocycles. The number of hydrogen-bond acceptors (Lipinski definition) is 7. The Morgan fingerprint density at radius 2 is 1.48 bits per heavy atom. The Bertz CT molecular complexity index is 654. The van der Waals surface area contributed by atoms with Crippen LogP contribution >= 0.6 is 0 Å². The van der Waals surface area contributed by atoms with E-state index in [4.69, 9.17) is 24.7 Å². The van der Waals surface area contributed by atoms with E-state index in [-0.39, 0.29) is 18.2 Å². The van der Waals surface area contributed by atoms with Crippen LogP contribution in [0.3, 0.4) is 0 Å². The highest BCUT2D eigenvalue weighted by Crippen LogP contribution is 2.55. The lowest BCUT2D eigenvalue weighted by Gasteiger charge is -2.10. The van der Waals surface area contributed by atoms with Gasteiger partial charge in [0, 0.05) is 25.1 Å². The van der Waals surface area contributed by atoms with Gasteiger partial charge in [0.05, 0.1) is 52.9 Å². The molecule has 2 aliphatic rings. The molecule has 2 amide bonds. The fraction of sp³-hybridized carbons (Fsp3) is 0.792. The maximum Gasteiger partial charge on any atom is 0.220 e. The van der Waals surface area contributed by atoms with E-state index in [0.717, 1.165) is 31.4 Å². The van der Waals surface area contributed by atoms with E-state index in [1.54, 1.807) is 0 Å². The van der Waals surface area contributed by atoms with Crippen molar-refractivity contribution in [1.29, 1.82) is 0 Å². The molecule has 3 N–H and O–H groups in total. The number of allylic oxidation sites excluding steroid dienone is 2. The number of nitrogens with zero attached hydrogens (tertiary/aromatic N) is 1. The number of hydrogen-bond donors (Lipinski definition) is 2. The van der Waals surface area contributed by atoms with Crippen LogP contribution in [-0.2, 0) is 28.5 Å². The molecule has 9 nitrogen and oxygen atoms in total. The van der Waals surface area contributed by atoms with Crippen LogP contribution in [0.25, 0.3) is 0 Å². The van der Waals surface area contributed by atoms with E-state index in [1.165, 1.54) is 5.57 Å². The van der Waals surface area contributed by atoms with Crippen molar-refractivity contribution >= 4 is 18.5 Å². The highest BCUT2D eigenvalue weighted by molar-refractivity contribution is 5.76. The number of amides is 2. The molecule has 0 aromatic heterocycles. The fourth-order valence-corrected chi connectivity index (χ4v) is 4.43.